The van der Waals surface area contributed by atoms with Gasteiger partial charge in [-0.25, -0.2) is 0 Å². The Bertz CT molecular complexity index is 299. The first-order valence-electron chi connectivity index (χ1n) is 5.40. The van der Waals surface area contributed by atoms with Gasteiger partial charge in [0.2, 0.25) is 0 Å². The van der Waals surface area contributed by atoms with E-state index in [-0.39, 0.29) is 13.2 Å². The third-order valence-corrected chi connectivity index (χ3v) is 2.57. The van der Waals surface area contributed by atoms with Crippen LogP contribution in [0.5, 0.6) is 0 Å². The van der Waals surface area contributed by atoms with Crippen molar-refractivity contribution in [1.82, 2.24) is 9.88 Å². The Kier molecular flexibility index (Phi) is 4.86. The van der Waals surface area contributed by atoms with Crippen molar-refractivity contribution in [2.24, 2.45) is 5.41 Å². The average molecular weight is 224 g/mol. The maximum absolute atomic E-state index is 9.20. The first-order chi connectivity index (χ1) is 7.59. The van der Waals surface area contributed by atoms with Crippen LogP contribution in [-0.2, 0) is 6.54 Å². The second-order valence-corrected chi connectivity index (χ2v) is 4.62. The maximum Gasteiger partial charge on any atom is 0.0543 e. The largest absolute Gasteiger partial charge is 0.396 e. The molecule has 0 radical (unpaired) electrons. The van der Waals surface area contributed by atoms with Gasteiger partial charge in [0.05, 0.1) is 18.9 Å². The molecule has 0 aliphatic carbocycles. The second kappa shape index (κ2) is 5.94. The lowest BCUT2D eigenvalue weighted by Crippen LogP contribution is -2.38. The van der Waals surface area contributed by atoms with Crippen LogP contribution in [0, 0.1) is 5.41 Å². The summed E-state index contributed by atoms with van der Waals surface area (Å²) in [5, 5.41) is 18.4. The van der Waals surface area contributed by atoms with Crippen molar-refractivity contribution in [2.75, 3.05) is 26.8 Å². The van der Waals surface area contributed by atoms with Crippen molar-refractivity contribution >= 4 is 0 Å². The zero-order chi connectivity index (χ0) is 12.0. The van der Waals surface area contributed by atoms with Gasteiger partial charge < -0.3 is 10.2 Å². The van der Waals surface area contributed by atoms with Crippen LogP contribution < -0.4 is 0 Å². The van der Waals surface area contributed by atoms with Crippen LogP contribution in [0.15, 0.2) is 24.4 Å². The first kappa shape index (κ1) is 13.1. The van der Waals surface area contributed by atoms with Gasteiger partial charge >= 0.3 is 0 Å². The summed E-state index contributed by atoms with van der Waals surface area (Å²) < 4.78 is 0. The zero-order valence-corrected chi connectivity index (χ0v) is 9.93. The van der Waals surface area contributed by atoms with E-state index in [1.807, 2.05) is 32.2 Å². The Morgan fingerprint density at radius 2 is 2.00 bits per heavy atom. The van der Waals surface area contributed by atoms with Gasteiger partial charge in [0.15, 0.2) is 0 Å². The maximum atomic E-state index is 9.20. The number of aromatic nitrogens is 1. The Morgan fingerprint density at radius 1 is 1.31 bits per heavy atom. The number of aliphatic hydroxyl groups is 2. The van der Waals surface area contributed by atoms with Crippen LogP contribution in [0.1, 0.15) is 12.6 Å². The summed E-state index contributed by atoms with van der Waals surface area (Å²) in [7, 11) is 1.96. The number of pyridine rings is 1. The van der Waals surface area contributed by atoms with Crippen molar-refractivity contribution in [3.8, 4) is 0 Å². The van der Waals surface area contributed by atoms with Crippen molar-refractivity contribution < 1.29 is 10.2 Å². The lowest BCUT2D eigenvalue weighted by molar-refractivity contribution is 0.0399. The monoisotopic (exact) mass is 224 g/mol. The molecular weight excluding hydrogens is 204 g/mol. The predicted octanol–water partition coefficient (Wildman–Crippen LogP) is 0.504. The Balaban J connectivity index is 2.50. The summed E-state index contributed by atoms with van der Waals surface area (Å²) in [6.07, 6.45) is 1.76. The van der Waals surface area contributed by atoms with Crippen LogP contribution >= 0.6 is 0 Å². The molecular formula is C12H20N2O2. The van der Waals surface area contributed by atoms with Gasteiger partial charge in [-0.15, -0.1) is 0 Å². The standard InChI is InChI=1S/C12H20N2O2/c1-12(9-15,10-16)8-14(2)7-11-5-3-4-6-13-11/h3-6,15-16H,7-10H2,1-2H3. The molecule has 1 aromatic heterocycles. The topological polar surface area (TPSA) is 56.6 Å². The zero-order valence-electron chi connectivity index (χ0n) is 9.93. The minimum atomic E-state index is -0.455. The average Bonchev–Trinajstić information content (AvgIpc) is 2.30. The molecule has 0 aliphatic rings. The highest BCUT2D eigenvalue weighted by atomic mass is 16.3. The van der Waals surface area contributed by atoms with E-state index < -0.39 is 5.41 Å². The molecule has 90 valence electrons. The normalized spacial score (nSPS) is 12.1. The molecule has 0 unspecified atom stereocenters. The fraction of sp³-hybridized carbons (Fsp3) is 0.583. The lowest BCUT2D eigenvalue weighted by Gasteiger charge is -2.30. The SMILES string of the molecule is CN(Cc1ccccn1)CC(C)(CO)CO. The fourth-order valence-corrected chi connectivity index (χ4v) is 1.63. The molecule has 0 aliphatic heterocycles. The molecule has 1 rings (SSSR count). The molecule has 0 saturated carbocycles. The Labute approximate surface area is 96.6 Å². The van der Waals surface area contributed by atoms with Crippen LogP contribution in [0.25, 0.3) is 0 Å². The summed E-state index contributed by atoms with van der Waals surface area (Å²) in [5.74, 6) is 0. The number of nitrogens with zero attached hydrogens (tertiary/aromatic N) is 2. The molecule has 4 heteroatoms. The van der Waals surface area contributed by atoms with Crippen molar-refractivity contribution in [3.63, 3.8) is 0 Å². The molecule has 4 nitrogen and oxygen atoms in total. The fourth-order valence-electron chi connectivity index (χ4n) is 1.63. The van der Waals surface area contributed by atoms with E-state index in [1.54, 1.807) is 6.20 Å². The molecule has 0 atom stereocenters. The van der Waals surface area contributed by atoms with Crippen LogP contribution in [0.2, 0.25) is 0 Å². The Hall–Kier alpha value is -0.970. The van der Waals surface area contributed by atoms with Crippen molar-refractivity contribution in [1.29, 1.82) is 0 Å². The second-order valence-electron chi connectivity index (χ2n) is 4.62. The Morgan fingerprint density at radius 3 is 2.50 bits per heavy atom. The molecule has 2 N–H and O–H groups in total. The van der Waals surface area contributed by atoms with Crippen LogP contribution in [0.4, 0.5) is 0 Å². The van der Waals surface area contributed by atoms with Gasteiger partial charge in [-0.1, -0.05) is 13.0 Å². The number of hydrogen-bond donors (Lipinski definition) is 2. The smallest absolute Gasteiger partial charge is 0.0543 e. The molecule has 0 aromatic carbocycles. The van der Waals surface area contributed by atoms with Gasteiger partial charge in [-0.05, 0) is 19.2 Å². The summed E-state index contributed by atoms with van der Waals surface area (Å²) >= 11 is 0. The summed E-state index contributed by atoms with van der Waals surface area (Å²) in [4.78, 5) is 6.28. The molecule has 0 saturated heterocycles. The van der Waals surface area contributed by atoms with Crippen LogP contribution in [-0.4, -0.2) is 46.9 Å². The minimum absolute atomic E-state index is 0.0178. The van der Waals surface area contributed by atoms with Crippen molar-refractivity contribution in [2.45, 2.75) is 13.5 Å². The van der Waals surface area contributed by atoms with E-state index in [0.29, 0.717) is 6.54 Å². The van der Waals surface area contributed by atoms with Crippen molar-refractivity contribution in [3.05, 3.63) is 30.1 Å². The van der Waals surface area contributed by atoms with E-state index in [2.05, 4.69) is 9.88 Å². The number of aliphatic hydroxyl groups excluding tert-OH is 2. The summed E-state index contributed by atoms with van der Waals surface area (Å²) in [5.41, 5.74) is 0.534. The molecule has 1 aromatic rings. The highest BCUT2D eigenvalue weighted by molar-refractivity contribution is 5.03. The third-order valence-electron chi connectivity index (χ3n) is 2.57. The number of hydrogen-bond acceptors (Lipinski definition) is 4. The van der Waals surface area contributed by atoms with E-state index in [4.69, 9.17) is 0 Å². The number of rotatable bonds is 6. The van der Waals surface area contributed by atoms with Gasteiger partial charge in [-0.3, -0.25) is 9.88 Å². The molecule has 0 amide bonds. The third kappa shape index (κ3) is 3.89. The van der Waals surface area contributed by atoms with Gasteiger partial charge in [0, 0.05) is 24.7 Å². The molecule has 0 fully saturated rings. The van der Waals surface area contributed by atoms with Gasteiger partial charge in [-0.2, -0.15) is 0 Å². The highest BCUT2D eigenvalue weighted by Crippen LogP contribution is 2.16. The quantitative estimate of drug-likeness (QED) is 0.739. The van der Waals surface area contributed by atoms with E-state index in [0.717, 1.165) is 12.2 Å². The molecule has 1 heterocycles. The summed E-state index contributed by atoms with van der Waals surface area (Å²) in [6, 6.07) is 5.80. The predicted molar refractivity (Wildman–Crippen MR) is 62.8 cm³/mol. The van der Waals surface area contributed by atoms with E-state index in [1.165, 1.54) is 0 Å². The van der Waals surface area contributed by atoms with Crippen LogP contribution in [0.3, 0.4) is 0 Å². The van der Waals surface area contributed by atoms with E-state index in [9.17, 15) is 10.2 Å². The lowest BCUT2D eigenvalue weighted by atomic mass is 9.92. The first-order valence-corrected chi connectivity index (χ1v) is 5.40. The van der Waals surface area contributed by atoms with Gasteiger partial charge in [0.1, 0.15) is 0 Å². The highest BCUT2D eigenvalue weighted by Gasteiger charge is 2.24. The van der Waals surface area contributed by atoms with E-state index >= 15 is 0 Å². The van der Waals surface area contributed by atoms with Gasteiger partial charge in [0.25, 0.3) is 0 Å². The molecule has 0 spiro atoms. The minimum Gasteiger partial charge on any atom is -0.396 e. The molecule has 0 bridgehead atoms. The summed E-state index contributed by atoms with van der Waals surface area (Å²) in [6.45, 7) is 3.18. The molecule has 16 heavy (non-hydrogen) atoms.